The normalized spacial score (nSPS) is 17.6. The Labute approximate surface area is 131 Å². The molecule has 0 bridgehead atoms. The summed E-state index contributed by atoms with van der Waals surface area (Å²) in [5.41, 5.74) is 1.41. The van der Waals surface area contributed by atoms with E-state index in [1.54, 1.807) is 0 Å². The first kappa shape index (κ1) is 17.4. The van der Waals surface area contributed by atoms with Gasteiger partial charge in [-0.3, -0.25) is 0 Å². The summed E-state index contributed by atoms with van der Waals surface area (Å²) in [6.45, 7) is 19.6. The summed E-state index contributed by atoms with van der Waals surface area (Å²) in [6, 6.07) is 3.14. The number of rotatable bonds is 11. The van der Waals surface area contributed by atoms with Gasteiger partial charge in [0.15, 0.2) is 0 Å². The molecule has 0 saturated heterocycles. The molecule has 0 fully saturated rings. The second-order valence-electron chi connectivity index (χ2n) is 5.61. The maximum Gasteiger partial charge on any atom is 0.0981 e. The fourth-order valence-corrected chi connectivity index (χ4v) is 6.86. The lowest BCUT2D eigenvalue weighted by Gasteiger charge is -2.29. The van der Waals surface area contributed by atoms with E-state index in [1.807, 2.05) is 12.2 Å². The van der Waals surface area contributed by atoms with Gasteiger partial charge in [-0.15, -0.1) is 32.9 Å². The second-order valence-corrected chi connectivity index (χ2v) is 9.93. The third-order valence-corrected chi connectivity index (χ3v) is 8.71. The third kappa shape index (κ3) is 4.18. The van der Waals surface area contributed by atoms with Crippen LogP contribution in [0.15, 0.2) is 80.1 Å². The fourth-order valence-electron chi connectivity index (χ4n) is 3.07. The van der Waals surface area contributed by atoms with Gasteiger partial charge in [0.05, 0.1) is 8.07 Å². The van der Waals surface area contributed by atoms with Gasteiger partial charge in [-0.25, -0.2) is 0 Å². The molecule has 0 nitrogen and oxygen atoms in total. The van der Waals surface area contributed by atoms with E-state index in [0.29, 0.717) is 5.92 Å². The minimum atomic E-state index is -1.70. The minimum Gasteiger partial charge on any atom is -0.103 e. The van der Waals surface area contributed by atoms with E-state index in [0.717, 1.165) is 31.0 Å². The summed E-state index contributed by atoms with van der Waals surface area (Å²) in [5, 5.41) is 1.41. The molecule has 1 heteroatoms. The number of hydrogen-bond donors (Lipinski definition) is 0. The molecule has 1 atom stereocenters. The molecule has 0 aromatic heterocycles. The van der Waals surface area contributed by atoms with Crippen LogP contribution in [-0.4, -0.2) is 8.07 Å². The van der Waals surface area contributed by atoms with E-state index in [2.05, 4.69) is 63.3 Å². The lowest BCUT2D eigenvalue weighted by atomic mass is 9.97. The lowest BCUT2D eigenvalue weighted by molar-refractivity contribution is 0.750. The van der Waals surface area contributed by atoms with E-state index >= 15 is 0 Å². The zero-order chi connectivity index (χ0) is 15.7. The molecular formula is C20H27Si. The highest BCUT2D eigenvalue weighted by Gasteiger charge is 2.35. The maximum absolute atomic E-state index is 3.96. The van der Waals surface area contributed by atoms with E-state index < -0.39 is 8.07 Å². The summed E-state index contributed by atoms with van der Waals surface area (Å²) in [7, 11) is -1.70. The van der Waals surface area contributed by atoms with E-state index in [1.165, 1.54) is 10.8 Å². The van der Waals surface area contributed by atoms with Crippen molar-refractivity contribution in [3.05, 3.63) is 86.2 Å². The Morgan fingerprint density at radius 2 is 1.48 bits per heavy atom. The Bertz CT molecular complexity index is 450. The monoisotopic (exact) mass is 295 g/mol. The summed E-state index contributed by atoms with van der Waals surface area (Å²) >= 11 is 0. The molecule has 0 saturated carbocycles. The Morgan fingerprint density at radius 3 is 1.90 bits per heavy atom. The van der Waals surface area contributed by atoms with Crippen molar-refractivity contribution in [2.75, 3.05) is 0 Å². The summed E-state index contributed by atoms with van der Waals surface area (Å²) < 4.78 is 0. The number of allylic oxidation sites excluding steroid dienone is 9. The molecule has 0 aliphatic heterocycles. The van der Waals surface area contributed by atoms with Crippen LogP contribution >= 0.6 is 0 Å². The van der Waals surface area contributed by atoms with Crippen LogP contribution in [-0.2, 0) is 0 Å². The summed E-state index contributed by atoms with van der Waals surface area (Å²) in [5.74, 6) is 0.363. The van der Waals surface area contributed by atoms with Gasteiger partial charge in [0.25, 0.3) is 0 Å². The first-order chi connectivity index (χ1) is 10.2. The zero-order valence-corrected chi connectivity index (χ0v) is 14.1. The second kappa shape index (κ2) is 8.63. The smallest absolute Gasteiger partial charge is 0.0981 e. The van der Waals surface area contributed by atoms with Crippen LogP contribution in [0.2, 0.25) is 18.1 Å². The van der Waals surface area contributed by atoms with Gasteiger partial charge < -0.3 is 0 Å². The highest BCUT2D eigenvalue weighted by Crippen LogP contribution is 2.39. The van der Waals surface area contributed by atoms with Crippen molar-refractivity contribution in [2.24, 2.45) is 5.92 Å². The van der Waals surface area contributed by atoms with E-state index in [-0.39, 0.29) is 0 Å². The van der Waals surface area contributed by atoms with Gasteiger partial charge in [0.1, 0.15) is 0 Å². The van der Waals surface area contributed by atoms with Crippen LogP contribution in [0, 0.1) is 12.0 Å². The minimum absolute atomic E-state index is 0.363. The molecule has 0 spiro atoms. The third-order valence-electron chi connectivity index (χ3n) is 4.07. The van der Waals surface area contributed by atoms with Crippen molar-refractivity contribution < 1.29 is 0 Å². The molecule has 0 aromatic carbocycles. The zero-order valence-electron chi connectivity index (χ0n) is 13.1. The first-order valence-electron chi connectivity index (χ1n) is 7.56. The quantitative estimate of drug-likeness (QED) is 0.325. The van der Waals surface area contributed by atoms with Crippen LogP contribution in [0.4, 0.5) is 0 Å². The predicted molar refractivity (Wildman–Crippen MR) is 98.7 cm³/mol. The van der Waals surface area contributed by atoms with Crippen molar-refractivity contribution in [3.8, 4) is 0 Å². The van der Waals surface area contributed by atoms with Crippen molar-refractivity contribution in [1.82, 2.24) is 0 Å². The van der Waals surface area contributed by atoms with E-state index in [9.17, 15) is 0 Å². The van der Waals surface area contributed by atoms with Crippen molar-refractivity contribution >= 4 is 8.07 Å². The Hall–Kier alpha value is -1.60. The van der Waals surface area contributed by atoms with Gasteiger partial charge in [0, 0.05) is 5.92 Å². The molecule has 1 aliphatic rings. The highest BCUT2D eigenvalue weighted by atomic mass is 28.3. The van der Waals surface area contributed by atoms with E-state index in [4.69, 9.17) is 0 Å². The number of hydrogen-bond acceptors (Lipinski definition) is 0. The van der Waals surface area contributed by atoms with Gasteiger partial charge in [0.2, 0.25) is 0 Å². The van der Waals surface area contributed by atoms with Gasteiger partial charge >= 0.3 is 0 Å². The molecule has 0 heterocycles. The summed E-state index contributed by atoms with van der Waals surface area (Å²) in [6.07, 6.45) is 18.1. The molecule has 0 aromatic rings. The van der Waals surface area contributed by atoms with Crippen LogP contribution in [0.5, 0.6) is 0 Å². The van der Waals surface area contributed by atoms with Crippen molar-refractivity contribution in [3.63, 3.8) is 0 Å². The maximum atomic E-state index is 3.96. The van der Waals surface area contributed by atoms with Gasteiger partial charge in [-0.05, 0) is 37.0 Å². The molecule has 0 N–H and O–H groups in total. The molecular weight excluding hydrogens is 268 g/mol. The first-order valence-corrected chi connectivity index (χ1v) is 10.2. The predicted octanol–water partition coefficient (Wildman–Crippen LogP) is 5.97. The molecule has 111 valence electrons. The van der Waals surface area contributed by atoms with Gasteiger partial charge in [-0.2, -0.15) is 0 Å². The van der Waals surface area contributed by atoms with Crippen LogP contribution in [0.3, 0.4) is 0 Å². The SMILES string of the molecule is C=CCC1=CC([Si](CC=C)(CC=C)CC=C)=[C]C1CC=C. The lowest BCUT2D eigenvalue weighted by Crippen LogP contribution is -2.34. The average molecular weight is 296 g/mol. The Kier molecular flexibility index (Phi) is 7.17. The van der Waals surface area contributed by atoms with Crippen LogP contribution in [0.25, 0.3) is 0 Å². The average Bonchev–Trinajstić information content (AvgIpc) is 2.84. The van der Waals surface area contributed by atoms with Crippen LogP contribution in [0.1, 0.15) is 12.8 Å². The topological polar surface area (TPSA) is 0 Å². The Balaban J connectivity index is 3.21. The molecule has 0 amide bonds. The largest absolute Gasteiger partial charge is 0.103 e. The highest BCUT2D eigenvalue weighted by molar-refractivity contribution is 6.88. The molecule has 21 heavy (non-hydrogen) atoms. The molecule has 1 unspecified atom stereocenters. The standard InChI is InChI=1S/C20H27Si/c1-6-11-18-16-20(17-19(18)12-7-2)21(13-8-3,14-9-4)15-10-5/h6-10,16,19H,1-5,11-15H2. The molecule has 1 radical (unpaired) electrons. The van der Waals surface area contributed by atoms with Crippen LogP contribution < -0.4 is 0 Å². The molecule has 1 aliphatic carbocycles. The van der Waals surface area contributed by atoms with Gasteiger partial charge in [-0.1, -0.05) is 47.2 Å². The molecule has 1 rings (SSSR count). The summed E-state index contributed by atoms with van der Waals surface area (Å²) in [4.78, 5) is 0. The fraction of sp³-hybridized carbons (Fsp3) is 0.300. The van der Waals surface area contributed by atoms with Crippen molar-refractivity contribution in [2.45, 2.75) is 31.0 Å². The van der Waals surface area contributed by atoms with Crippen molar-refractivity contribution in [1.29, 1.82) is 0 Å². The Morgan fingerprint density at radius 1 is 0.905 bits per heavy atom.